The summed E-state index contributed by atoms with van der Waals surface area (Å²) in [7, 11) is 1.55. The molecule has 9 heteroatoms. The zero-order chi connectivity index (χ0) is 19.7. The second-order valence-corrected chi connectivity index (χ2v) is 6.99. The first-order valence-electron chi connectivity index (χ1n) is 8.49. The van der Waals surface area contributed by atoms with Crippen LogP contribution in [0.4, 0.5) is 0 Å². The Bertz CT molecular complexity index is 1190. The maximum absolute atomic E-state index is 12.2. The first-order chi connectivity index (χ1) is 13.5. The molecule has 0 saturated carbocycles. The number of rotatable bonds is 5. The molecule has 0 amide bonds. The first-order valence-corrected chi connectivity index (χ1v) is 9.37. The topological polar surface area (TPSA) is 95.1 Å². The minimum absolute atomic E-state index is 0.169. The van der Waals surface area contributed by atoms with E-state index in [2.05, 4.69) is 15.4 Å². The summed E-state index contributed by atoms with van der Waals surface area (Å²) in [4.78, 5) is 16.7. The summed E-state index contributed by atoms with van der Waals surface area (Å²) >= 11 is 1.34. The number of tetrazole rings is 1. The summed E-state index contributed by atoms with van der Waals surface area (Å²) in [5.74, 6) is 0.169. The predicted molar refractivity (Wildman–Crippen MR) is 105 cm³/mol. The summed E-state index contributed by atoms with van der Waals surface area (Å²) in [5.41, 5.74) is 3.38. The van der Waals surface area contributed by atoms with Crippen molar-refractivity contribution in [3.8, 4) is 27.9 Å². The van der Waals surface area contributed by atoms with Gasteiger partial charge in [0.1, 0.15) is 12.4 Å². The van der Waals surface area contributed by atoms with Crippen LogP contribution in [0.25, 0.3) is 16.9 Å². The molecule has 1 N–H and O–H groups in total. The maximum Gasteiger partial charge on any atom is 0.368 e. The normalized spacial score (nSPS) is 10.9. The highest BCUT2D eigenvalue weighted by molar-refractivity contribution is 7.11. The zero-order valence-corrected chi connectivity index (χ0v) is 16.1. The lowest BCUT2D eigenvalue weighted by molar-refractivity contribution is 0.303. The van der Waals surface area contributed by atoms with Gasteiger partial charge in [-0.25, -0.2) is 9.78 Å². The average Bonchev–Trinajstić information content (AvgIpc) is 3.28. The van der Waals surface area contributed by atoms with Crippen LogP contribution in [0.3, 0.4) is 0 Å². The third-order valence-electron chi connectivity index (χ3n) is 4.34. The Morgan fingerprint density at radius 1 is 1.14 bits per heavy atom. The van der Waals surface area contributed by atoms with Crippen molar-refractivity contribution in [1.29, 1.82) is 0 Å². The number of hydrogen-bond acceptors (Lipinski definition) is 7. The molecule has 0 aliphatic rings. The van der Waals surface area contributed by atoms with Crippen molar-refractivity contribution >= 4 is 11.3 Å². The van der Waals surface area contributed by atoms with Crippen molar-refractivity contribution in [3.63, 3.8) is 0 Å². The van der Waals surface area contributed by atoms with Crippen molar-refractivity contribution in [2.75, 3.05) is 0 Å². The van der Waals surface area contributed by atoms with Crippen LogP contribution in [0, 0.1) is 6.92 Å². The lowest BCUT2D eigenvalue weighted by Crippen LogP contribution is -2.23. The molecule has 2 aromatic heterocycles. The highest BCUT2D eigenvalue weighted by Gasteiger charge is 2.15. The van der Waals surface area contributed by atoms with Crippen LogP contribution < -0.4 is 10.4 Å². The Labute approximate surface area is 164 Å². The van der Waals surface area contributed by atoms with E-state index < -0.39 is 0 Å². The number of para-hydroxylation sites is 1. The molecule has 4 rings (SSSR count). The van der Waals surface area contributed by atoms with E-state index >= 15 is 0 Å². The van der Waals surface area contributed by atoms with Crippen molar-refractivity contribution in [2.45, 2.75) is 13.5 Å². The summed E-state index contributed by atoms with van der Waals surface area (Å²) in [6, 6.07) is 12.6. The average molecular weight is 395 g/mol. The molecule has 0 atom stereocenters. The molecule has 142 valence electrons. The van der Waals surface area contributed by atoms with Gasteiger partial charge < -0.3 is 9.84 Å². The van der Waals surface area contributed by atoms with Gasteiger partial charge in [-0.2, -0.15) is 9.36 Å². The third-order valence-corrected chi connectivity index (χ3v) is 5.09. The van der Waals surface area contributed by atoms with Crippen LogP contribution in [0.5, 0.6) is 10.9 Å². The fourth-order valence-corrected chi connectivity index (χ4v) is 3.48. The van der Waals surface area contributed by atoms with Gasteiger partial charge in [0.25, 0.3) is 5.19 Å². The van der Waals surface area contributed by atoms with Gasteiger partial charge in [-0.3, -0.25) is 0 Å². The molecule has 28 heavy (non-hydrogen) atoms. The maximum atomic E-state index is 12.2. The Hall–Kier alpha value is -3.46. The lowest BCUT2D eigenvalue weighted by Gasteiger charge is -2.11. The van der Waals surface area contributed by atoms with Gasteiger partial charge in [0, 0.05) is 23.6 Å². The predicted octanol–water partition coefficient (Wildman–Crippen LogP) is 2.68. The van der Waals surface area contributed by atoms with Gasteiger partial charge in [0.2, 0.25) is 0 Å². The molecule has 0 aliphatic carbocycles. The number of aromatic nitrogens is 5. The van der Waals surface area contributed by atoms with Gasteiger partial charge in [-0.15, -0.1) is 0 Å². The summed E-state index contributed by atoms with van der Waals surface area (Å²) in [5, 5.41) is 20.0. The number of thiazole rings is 1. The molecule has 8 nitrogen and oxygen atoms in total. The Morgan fingerprint density at radius 3 is 2.71 bits per heavy atom. The van der Waals surface area contributed by atoms with E-state index in [1.807, 2.05) is 30.5 Å². The number of ether oxygens (including phenoxy) is 1. The molecule has 0 aliphatic heterocycles. The van der Waals surface area contributed by atoms with Crippen LogP contribution >= 0.6 is 11.3 Å². The molecule has 0 radical (unpaired) electrons. The Kier molecular flexibility index (Phi) is 4.66. The Balaban J connectivity index is 1.61. The molecule has 0 bridgehead atoms. The number of nitrogens with zero attached hydrogens (tertiary/aromatic N) is 5. The largest absolute Gasteiger partial charge is 0.507 e. The van der Waals surface area contributed by atoms with Gasteiger partial charge in [-0.05, 0) is 41.1 Å². The van der Waals surface area contributed by atoms with Crippen LogP contribution in [0.15, 0.2) is 52.6 Å². The van der Waals surface area contributed by atoms with E-state index in [4.69, 9.17) is 4.74 Å². The minimum Gasteiger partial charge on any atom is -0.507 e. The second kappa shape index (κ2) is 7.28. The van der Waals surface area contributed by atoms with Crippen molar-refractivity contribution in [1.82, 2.24) is 24.8 Å². The summed E-state index contributed by atoms with van der Waals surface area (Å²) in [6.07, 6.45) is 0. The van der Waals surface area contributed by atoms with Crippen LogP contribution in [0.2, 0.25) is 0 Å². The highest BCUT2D eigenvalue weighted by Crippen LogP contribution is 2.32. The van der Waals surface area contributed by atoms with E-state index in [-0.39, 0.29) is 18.0 Å². The Morgan fingerprint density at radius 2 is 1.96 bits per heavy atom. The molecule has 0 fully saturated rings. The molecule has 0 saturated heterocycles. The number of phenolic OH excluding ortho intramolecular Hbond substituents is 1. The van der Waals surface area contributed by atoms with Crippen LogP contribution in [-0.2, 0) is 13.7 Å². The number of hydrogen-bond donors (Lipinski definition) is 1. The molecule has 0 unspecified atom stereocenters. The lowest BCUT2D eigenvalue weighted by atomic mass is 10.1. The molecule has 0 spiro atoms. The van der Waals surface area contributed by atoms with Crippen molar-refractivity contribution in [3.05, 3.63) is 69.5 Å². The molecular weight excluding hydrogens is 378 g/mol. The van der Waals surface area contributed by atoms with E-state index in [1.165, 1.54) is 20.7 Å². The smallest absolute Gasteiger partial charge is 0.368 e. The number of aromatic hydroxyl groups is 1. The second-order valence-electron chi connectivity index (χ2n) is 6.17. The van der Waals surface area contributed by atoms with Gasteiger partial charge >= 0.3 is 5.69 Å². The van der Waals surface area contributed by atoms with E-state index in [0.29, 0.717) is 22.1 Å². The van der Waals surface area contributed by atoms with E-state index in [9.17, 15) is 9.90 Å². The summed E-state index contributed by atoms with van der Waals surface area (Å²) < 4.78 is 8.30. The SMILES string of the molecule is Cc1cccc(-n2nnn(C)c2=O)c1COc1nc(-c2ccccc2O)cs1. The van der Waals surface area contributed by atoms with E-state index in [1.54, 1.807) is 31.3 Å². The van der Waals surface area contributed by atoms with Crippen LogP contribution in [0.1, 0.15) is 11.1 Å². The van der Waals surface area contributed by atoms with E-state index in [0.717, 1.165) is 11.1 Å². The molecule has 2 heterocycles. The van der Waals surface area contributed by atoms with Gasteiger partial charge in [0.05, 0.1) is 11.4 Å². The summed E-state index contributed by atoms with van der Waals surface area (Å²) in [6.45, 7) is 2.16. The quantitative estimate of drug-likeness (QED) is 0.558. The van der Waals surface area contributed by atoms with Gasteiger partial charge in [0.15, 0.2) is 0 Å². The molecule has 4 aromatic rings. The van der Waals surface area contributed by atoms with Crippen LogP contribution in [-0.4, -0.2) is 29.9 Å². The zero-order valence-electron chi connectivity index (χ0n) is 15.2. The number of benzene rings is 2. The minimum atomic E-state index is -0.331. The fraction of sp³-hybridized carbons (Fsp3) is 0.158. The number of aryl methyl sites for hydroxylation is 2. The standard InChI is InChI=1S/C19H17N5O3S/c1-12-6-5-8-16(24-19(26)23(2)21-22-24)14(12)10-27-18-20-15(11-28-18)13-7-3-4-9-17(13)25/h3-9,11,25H,10H2,1-2H3. The molecule has 2 aromatic carbocycles. The highest BCUT2D eigenvalue weighted by atomic mass is 32.1. The monoisotopic (exact) mass is 395 g/mol. The van der Waals surface area contributed by atoms with Crippen molar-refractivity contribution < 1.29 is 9.84 Å². The molecular formula is C19H17N5O3S. The first kappa shape index (κ1) is 17.9. The number of phenols is 1. The fourth-order valence-electron chi connectivity index (χ4n) is 2.81. The van der Waals surface area contributed by atoms with Crippen molar-refractivity contribution in [2.24, 2.45) is 7.05 Å². The third kappa shape index (κ3) is 3.27. The van der Waals surface area contributed by atoms with Gasteiger partial charge in [-0.1, -0.05) is 35.6 Å².